The molecule has 2 aliphatic heterocycles. The molecule has 4 amide bonds. The summed E-state index contributed by atoms with van der Waals surface area (Å²) in [5.74, 6) is -2.87. The van der Waals surface area contributed by atoms with Gasteiger partial charge in [0, 0.05) is 50.2 Å². The van der Waals surface area contributed by atoms with Crippen LogP contribution in [0.1, 0.15) is 136 Å². The molecule has 3 aromatic rings. The van der Waals surface area contributed by atoms with Crippen LogP contribution < -0.4 is 18.9 Å². The highest BCUT2D eigenvalue weighted by molar-refractivity contribution is 6.13. The van der Waals surface area contributed by atoms with Crippen LogP contribution in [0.3, 0.4) is 0 Å². The number of amides is 4. The van der Waals surface area contributed by atoms with Crippen LogP contribution in [-0.2, 0) is 28.8 Å². The molecule has 0 bridgehead atoms. The van der Waals surface area contributed by atoms with Gasteiger partial charge in [-0.25, -0.2) is 9.59 Å². The van der Waals surface area contributed by atoms with Gasteiger partial charge in [0.15, 0.2) is 0 Å². The number of carbonyl (C=O) groups is 8. The van der Waals surface area contributed by atoms with Crippen molar-refractivity contribution < 1.29 is 57.3 Å². The third kappa shape index (κ3) is 15.9. The highest BCUT2D eigenvalue weighted by Crippen LogP contribution is 2.26. The summed E-state index contributed by atoms with van der Waals surface area (Å²) in [4.78, 5) is 100. The van der Waals surface area contributed by atoms with Gasteiger partial charge in [0.05, 0.1) is 0 Å². The zero-order valence-electron chi connectivity index (χ0n) is 36.2. The third-order valence-electron chi connectivity index (χ3n) is 10.7. The predicted molar refractivity (Wildman–Crippen MR) is 235 cm³/mol. The Balaban J connectivity index is 0.945. The topological polar surface area (TPSA) is 180 Å². The van der Waals surface area contributed by atoms with Crippen LogP contribution in [0.4, 0.5) is 0 Å². The van der Waals surface area contributed by atoms with Crippen molar-refractivity contribution in [3.63, 3.8) is 0 Å². The van der Waals surface area contributed by atoms with Crippen LogP contribution in [-0.4, -0.2) is 70.4 Å². The van der Waals surface area contributed by atoms with E-state index in [0.29, 0.717) is 25.9 Å². The summed E-state index contributed by atoms with van der Waals surface area (Å²) in [5.41, 5.74) is 0.142. The normalized spacial score (nSPS) is 13.2. The quantitative estimate of drug-likeness (QED) is 0.0293. The minimum Gasteiger partial charge on any atom is -0.426 e. The molecule has 3 aromatic carbocycles. The molecule has 0 N–H and O–H groups in total. The molecule has 0 saturated heterocycles. The van der Waals surface area contributed by atoms with Gasteiger partial charge in [0.1, 0.15) is 34.1 Å². The van der Waals surface area contributed by atoms with E-state index in [9.17, 15) is 38.4 Å². The number of benzene rings is 3. The first-order valence-corrected chi connectivity index (χ1v) is 22.3. The third-order valence-corrected chi connectivity index (χ3v) is 10.7. The Hall–Kier alpha value is -6.70. The number of carbonyl (C=O) groups excluding carboxylic acids is 8. The second-order valence-corrected chi connectivity index (χ2v) is 15.7. The van der Waals surface area contributed by atoms with Crippen molar-refractivity contribution in [2.45, 2.75) is 116 Å². The zero-order valence-corrected chi connectivity index (χ0v) is 36.2. The highest BCUT2D eigenvalue weighted by Gasteiger charge is 2.24. The summed E-state index contributed by atoms with van der Waals surface area (Å²) in [6.07, 6.45) is 20.1. The second kappa shape index (κ2) is 26.0. The second-order valence-electron chi connectivity index (χ2n) is 15.7. The molecule has 14 heteroatoms. The van der Waals surface area contributed by atoms with Crippen LogP contribution in [0.25, 0.3) is 0 Å². The maximum absolute atomic E-state index is 13.1. The molecule has 14 nitrogen and oxygen atoms in total. The number of rotatable bonds is 28. The number of para-hydroxylation sites is 2. The number of nitrogens with zero attached hydrogens (tertiary/aromatic N) is 2. The lowest BCUT2D eigenvalue weighted by Gasteiger charge is -2.13. The monoisotopic (exact) mass is 876 g/mol. The molecule has 5 rings (SSSR count). The predicted octanol–water partition coefficient (Wildman–Crippen LogP) is 8.81. The lowest BCUT2D eigenvalue weighted by atomic mass is 10.1. The number of ether oxygens (including phenoxy) is 4. The van der Waals surface area contributed by atoms with E-state index in [0.717, 1.165) is 89.9 Å². The van der Waals surface area contributed by atoms with E-state index in [4.69, 9.17) is 18.9 Å². The Labute approximate surface area is 373 Å². The van der Waals surface area contributed by atoms with E-state index >= 15 is 0 Å². The number of esters is 4. The number of hydrogen-bond acceptors (Lipinski definition) is 12. The molecule has 2 aliphatic rings. The molecule has 0 atom stereocenters. The molecule has 0 saturated carbocycles. The summed E-state index contributed by atoms with van der Waals surface area (Å²) in [5, 5.41) is 0. The lowest BCUT2D eigenvalue weighted by molar-refractivity contribution is -0.138. The molecule has 0 spiro atoms. The average molecular weight is 877 g/mol. The first kappa shape index (κ1) is 48.3. The summed E-state index contributed by atoms with van der Waals surface area (Å²) in [6.45, 7) is 0.897. The van der Waals surface area contributed by atoms with Crippen molar-refractivity contribution in [2.75, 3.05) is 13.1 Å². The minimum atomic E-state index is -0.739. The first-order chi connectivity index (χ1) is 31.1. The molecule has 0 fully saturated rings. The van der Waals surface area contributed by atoms with E-state index in [1.807, 2.05) is 0 Å². The Bertz CT molecular complexity index is 1990. The summed E-state index contributed by atoms with van der Waals surface area (Å²) < 4.78 is 22.1. The SMILES string of the molecule is O=C(CCCCCCCCCCN1C(=O)C=CC1=O)Oc1ccccc1C(=O)Oc1ccc(OC(=O)c2ccccc2OC(=O)CCCCCCCCCCN2C(=O)C=CC2=O)cc1. The van der Waals surface area contributed by atoms with Crippen molar-refractivity contribution in [3.8, 4) is 23.0 Å². The van der Waals surface area contributed by atoms with E-state index in [1.165, 1.54) is 82.6 Å². The van der Waals surface area contributed by atoms with Gasteiger partial charge in [-0.05, 0) is 74.2 Å². The molecule has 0 aromatic heterocycles. The van der Waals surface area contributed by atoms with Gasteiger partial charge >= 0.3 is 23.9 Å². The fourth-order valence-corrected chi connectivity index (χ4v) is 7.20. The van der Waals surface area contributed by atoms with Crippen molar-refractivity contribution >= 4 is 47.5 Å². The molecular formula is C50H56N2O12. The van der Waals surface area contributed by atoms with E-state index in [1.54, 1.807) is 24.3 Å². The van der Waals surface area contributed by atoms with Crippen molar-refractivity contribution in [1.82, 2.24) is 9.80 Å². The molecule has 338 valence electrons. The van der Waals surface area contributed by atoms with Gasteiger partial charge in [-0.1, -0.05) is 101 Å². The Kier molecular flexibility index (Phi) is 19.7. The van der Waals surface area contributed by atoms with Crippen molar-refractivity contribution in [2.24, 2.45) is 0 Å². The van der Waals surface area contributed by atoms with Gasteiger partial charge in [-0.3, -0.25) is 38.6 Å². The fraction of sp³-hybridized carbons (Fsp3) is 0.400. The summed E-state index contributed by atoms with van der Waals surface area (Å²) in [7, 11) is 0. The van der Waals surface area contributed by atoms with Gasteiger partial charge in [0.25, 0.3) is 23.6 Å². The van der Waals surface area contributed by atoms with Gasteiger partial charge < -0.3 is 18.9 Å². The number of imide groups is 2. The largest absolute Gasteiger partial charge is 0.426 e. The molecule has 0 unspecified atom stereocenters. The summed E-state index contributed by atoms with van der Waals surface area (Å²) in [6, 6.07) is 18.4. The van der Waals surface area contributed by atoms with E-state index < -0.39 is 23.9 Å². The Morgan fingerprint density at radius 2 is 0.656 bits per heavy atom. The van der Waals surface area contributed by atoms with E-state index in [-0.39, 0.29) is 70.6 Å². The van der Waals surface area contributed by atoms with Crippen LogP contribution in [0, 0.1) is 0 Å². The Morgan fingerprint density at radius 1 is 0.359 bits per heavy atom. The van der Waals surface area contributed by atoms with Crippen LogP contribution in [0.5, 0.6) is 23.0 Å². The van der Waals surface area contributed by atoms with Crippen LogP contribution in [0.15, 0.2) is 97.1 Å². The zero-order chi connectivity index (χ0) is 45.5. The van der Waals surface area contributed by atoms with Crippen LogP contribution in [0.2, 0.25) is 0 Å². The standard InChI is InChI=1S/C50H56N2O12/c53-43-31-32-44(54)51(43)35-19-11-7-3-1-5-9-13-25-47(57)63-41-23-17-15-21-39(41)49(59)61-37-27-29-38(30-28-37)62-50(60)40-22-16-18-24-42(40)64-48(58)26-14-10-6-2-4-8-12-20-36-52-45(55)33-34-46(52)56/h15-18,21-24,27-34H,1-14,19-20,25-26,35-36H2. The van der Waals surface area contributed by atoms with Gasteiger partial charge in [-0.15, -0.1) is 0 Å². The number of hydrogen-bond donors (Lipinski definition) is 0. The molecular weight excluding hydrogens is 821 g/mol. The minimum absolute atomic E-state index is 0.0712. The molecule has 0 aliphatic carbocycles. The average Bonchev–Trinajstić information content (AvgIpc) is 3.79. The fourth-order valence-electron chi connectivity index (χ4n) is 7.20. The molecule has 64 heavy (non-hydrogen) atoms. The highest BCUT2D eigenvalue weighted by atomic mass is 16.6. The van der Waals surface area contributed by atoms with E-state index in [2.05, 4.69) is 0 Å². The molecule has 2 heterocycles. The summed E-state index contributed by atoms with van der Waals surface area (Å²) >= 11 is 0. The van der Waals surface area contributed by atoms with Crippen molar-refractivity contribution in [1.29, 1.82) is 0 Å². The molecule has 0 radical (unpaired) electrons. The van der Waals surface area contributed by atoms with Crippen molar-refractivity contribution in [3.05, 3.63) is 108 Å². The maximum Gasteiger partial charge on any atom is 0.347 e. The Morgan fingerprint density at radius 3 is 1.00 bits per heavy atom. The smallest absolute Gasteiger partial charge is 0.347 e. The number of unbranched alkanes of at least 4 members (excludes halogenated alkanes) is 14. The van der Waals surface area contributed by atoms with Gasteiger partial charge in [-0.2, -0.15) is 0 Å². The lowest BCUT2D eigenvalue weighted by Crippen LogP contribution is -2.30. The maximum atomic E-state index is 13.1. The first-order valence-electron chi connectivity index (χ1n) is 22.3. The van der Waals surface area contributed by atoms with Crippen LogP contribution >= 0.6 is 0 Å². The van der Waals surface area contributed by atoms with Gasteiger partial charge in [0.2, 0.25) is 0 Å².